The van der Waals surface area contributed by atoms with Crippen molar-refractivity contribution in [1.82, 2.24) is 24.8 Å². The molecule has 3 aromatic rings. The van der Waals surface area contributed by atoms with Crippen molar-refractivity contribution in [2.45, 2.75) is 57.5 Å². The molecular formula is C21H30N6O. The number of hydrogen-bond acceptors (Lipinski definition) is 5. The smallest absolute Gasteiger partial charge is 0.154 e. The average molecular weight is 383 g/mol. The molecular weight excluding hydrogens is 352 g/mol. The fourth-order valence-corrected chi connectivity index (χ4v) is 3.11. The maximum Gasteiger partial charge on any atom is 0.154 e. The Kier molecular flexibility index (Phi) is 6.14. The first-order chi connectivity index (χ1) is 13.5. The zero-order valence-corrected chi connectivity index (χ0v) is 16.8. The van der Waals surface area contributed by atoms with Crippen LogP contribution in [-0.2, 0) is 0 Å². The van der Waals surface area contributed by atoms with E-state index in [-0.39, 0.29) is 0 Å². The number of rotatable bonds is 8. The average Bonchev–Trinajstić information content (AvgIpc) is 3.25. The van der Waals surface area contributed by atoms with Crippen LogP contribution in [0.1, 0.15) is 57.6 Å². The highest BCUT2D eigenvalue weighted by Crippen LogP contribution is 2.39. The number of aromatic nitrogens is 5. The van der Waals surface area contributed by atoms with Crippen molar-refractivity contribution in [3.63, 3.8) is 0 Å². The fourth-order valence-electron chi connectivity index (χ4n) is 3.11. The van der Waals surface area contributed by atoms with Gasteiger partial charge in [-0.1, -0.05) is 0 Å². The maximum absolute atomic E-state index is 9.76. The number of H-pyrrole nitrogens is 1. The van der Waals surface area contributed by atoms with Gasteiger partial charge in [0.1, 0.15) is 17.2 Å². The van der Waals surface area contributed by atoms with Gasteiger partial charge in [0.2, 0.25) is 0 Å². The number of aliphatic hydroxyl groups is 1. The number of nitrogens with one attached hydrogen (secondary N) is 2. The summed E-state index contributed by atoms with van der Waals surface area (Å²) >= 11 is 0. The molecule has 0 atom stereocenters. The standard InChI is InChI=1S/C19H26N6O.C2H4/c1-19(2,26)9-3-4-10-20-17-7-8-18-21-12-16(25(18)24-17)15-11-14(22-23-15)13-5-6-13;1-2/h7-8,11-13,26H,3-6,9-10H2,1-2H3,(H,20,24)(H,22,23);1-2H2. The predicted molar refractivity (Wildman–Crippen MR) is 112 cm³/mol. The van der Waals surface area contributed by atoms with Crippen molar-refractivity contribution >= 4 is 11.5 Å². The molecule has 0 radical (unpaired) electrons. The molecule has 0 saturated heterocycles. The SMILES string of the molecule is C=C.CC(C)(O)CCCCNc1ccc2ncc(-c3cc(C4CC4)[nH]n3)n2n1. The Labute approximate surface area is 165 Å². The van der Waals surface area contributed by atoms with Gasteiger partial charge in [0.15, 0.2) is 5.65 Å². The van der Waals surface area contributed by atoms with E-state index < -0.39 is 5.60 Å². The Hall–Kier alpha value is -2.67. The van der Waals surface area contributed by atoms with Crippen molar-refractivity contribution in [1.29, 1.82) is 0 Å². The Balaban J connectivity index is 0.00000109. The van der Waals surface area contributed by atoms with Crippen LogP contribution in [0.15, 0.2) is 37.6 Å². The topological polar surface area (TPSA) is 91.1 Å². The summed E-state index contributed by atoms with van der Waals surface area (Å²) in [6.45, 7) is 10.5. The molecule has 0 aromatic carbocycles. The molecule has 3 N–H and O–H groups in total. The summed E-state index contributed by atoms with van der Waals surface area (Å²) in [5, 5.41) is 25.4. The summed E-state index contributed by atoms with van der Waals surface area (Å²) < 4.78 is 1.84. The molecule has 4 rings (SSSR count). The molecule has 3 heterocycles. The van der Waals surface area contributed by atoms with Gasteiger partial charge in [-0.25, -0.2) is 9.50 Å². The van der Waals surface area contributed by atoms with Crippen molar-refractivity contribution < 1.29 is 5.11 Å². The van der Waals surface area contributed by atoms with Crippen molar-refractivity contribution in [3.8, 4) is 11.4 Å². The van der Waals surface area contributed by atoms with Gasteiger partial charge in [-0.3, -0.25) is 5.10 Å². The number of nitrogens with zero attached hydrogens (tertiary/aromatic N) is 4. The quantitative estimate of drug-likeness (QED) is 0.402. The molecule has 0 spiro atoms. The van der Waals surface area contributed by atoms with Crippen LogP contribution in [0, 0.1) is 0 Å². The van der Waals surface area contributed by atoms with Crippen LogP contribution in [-0.4, -0.2) is 42.0 Å². The van der Waals surface area contributed by atoms with E-state index in [0.717, 1.165) is 48.7 Å². The summed E-state index contributed by atoms with van der Waals surface area (Å²) in [7, 11) is 0. The molecule has 28 heavy (non-hydrogen) atoms. The van der Waals surface area contributed by atoms with Crippen LogP contribution in [0.25, 0.3) is 17.0 Å². The molecule has 150 valence electrons. The van der Waals surface area contributed by atoms with Gasteiger partial charge in [-0.05, 0) is 64.2 Å². The number of unbranched alkanes of at least 4 members (excludes halogenated alkanes) is 1. The Morgan fingerprint density at radius 3 is 2.79 bits per heavy atom. The normalized spacial score (nSPS) is 14.0. The molecule has 7 heteroatoms. The third kappa shape index (κ3) is 4.98. The number of fused-ring (bicyclic) bond motifs is 1. The summed E-state index contributed by atoms with van der Waals surface area (Å²) in [6.07, 6.45) is 7.08. The highest BCUT2D eigenvalue weighted by Gasteiger charge is 2.26. The van der Waals surface area contributed by atoms with Gasteiger partial charge in [0.25, 0.3) is 0 Å². The molecule has 1 fully saturated rings. The van der Waals surface area contributed by atoms with E-state index in [1.807, 2.05) is 36.7 Å². The van der Waals surface area contributed by atoms with Crippen LogP contribution >= 0.6 is 0 Å². The van der Waals surface area contributed by atoms with Crippen molar-refractivity contribution in [3.05, 3.63) is 43.2 Å². The molecule has 7 nitrogen and oxygen atoms in total. The molecule has 1 aliphatic rings. The molecule has 0 unspecified atom stereocenters. The number of anilines is 1. The number of hydrogen-bond donors (Lipinski definition) is 3. The Bertz CT molecular complexity index is 903. The largest absolute Gasteiger partial charge is 0.390 e. The van der Waals surface area contributed by atoms with Crippen LogP contribution in [0.2, 0.25) is 0 Å². The second-order valence-electron chi connectivity index (χ2n) is 7.81. The molecule has 1 aliphatic carbocycles. The summed E-state index contributed by atoms with van der Waals surface area (Å²) in [5.74, 6) is 1.46. The van der Waals surface area contributed by atoms with E-state index in [2.05, 4.69) is 44.8 Å². The van der Waals surface area contributed by atoms with Crippen LogP contribution in [0.3, 0.4) is 0 Å². The van der Waals surface area contributed by atoms with Crippen LogP contribution < -0.4 is 5.32 Å². The first-order valence-corrected chi connectivity index (χ1v) is 9.86. The molecule has 0 bridgehead atoms. The molecule has 1 saturated carbocycles. The van der Waals surface area contributed by atoms with Gasteiger partial charge >= 0.3 is 0 Å². The minimum atomic E-state index is -0.592. The monoisotopic (exact) mass is 382 g/mol. The van der Waals surface area contributed by atoms with Gasteiger partial charge in [0, 0.05) is 18.2 Å². The fraction of sp³-hybridized carbons (Fsp3) is 0.476. The second-order valence-corrected chi connectivity index (χ2v) is 7.81. The van der Waals surface area contributed by atoms with E-state index in [1.54, 1.807) is 0 Å². The minimum absolute atomic E-state index is 0.592. The zero-order valence-electron chi connectivity index (χ0n) is 16.8. The lowest BCUT2D eigenvalue weighted by atomic mass is 10.0. The highest BCUT2D eigenvalue weighted by molar-refractivity contribution is 5.60. The summed E-state index contributed by atoms with van der Waals surface area (Å²) in [6, 6.07) is 6.02. The summed E-state index contributed by atoms with van der Waals surface area (Å²) in [5.41, 5.74) is 3.20. The van der Waals surface area contributed by atoms with E-state index >= 15 is 0 Å². The molecule has 0 aliphatic heterocycles. The maximum atomic E-state index is 9.76. The first kappa shape index (κ1) is 20.1. The lowest BCUT2D eigenvalue weighted by Gasteiger charge is -2.16. The Morgan fingerprint density at radius 1 is 1.29 bits per heavy atom. The lowest BCUT2D eigenvalue weighted by molar-refractivity contribution is 0.0685. The van der Waals surface area contributed by atoms with Crippen LogP contribution in [0.4, 0.5) is 5.82 Å². The lowest BCUT2D eigenvalue weighted by Crippen LogP contribution is -2.18. The minimum Gasteiger partial charge on any atom is -0.390 e. The molecule has 3 aromatic heterocycles. The predicted octanol–water partition coefficient (Wildman–Crippen LogP) is 4.15. The van der Waals surface area contributed by atoms with E-state index in [1.165, 1.54) is 18.5 Å². The third-order valence-corrected chi connectivity index (χ3v) is 4.76. The van der Waals surface area contributed by atoms with Gasteiger partial charge in [-0.15, -0.1) is 18.3 Å². The molecule has 0 amide bonds. The van der Waals surface area contributed by atoms with E-state index in [0.29, 0.717) is 5.92 Å². The van der Waals surface area contributed by atoms with Crippen molar-refractivity contribution in [2.75, 3.05) is 11.9 Å². The summed E-state index contributed by atoms with van der Waals surface area (Å²) in [4.78, 5) is 4.43. The van der Waals surface area contributed by atoms with Gasteiger partial charge in [0.05, 0.1) is 11.8 Å². The first-order valence-electron chi connectivity index (χ1n) is 9.86. The van der Waals surface area contributed by atoms with Gasteiger partial charge in [-0.2, -0.15) is 5.10 Å². The van der Waals surface area contributed by atoms with Crippen LogP contribution in [0.5, 0.6) is 0 Å². The zero-order chi connectivity index (χ0) is 20.1. The third-order valence-electron chi connectivity index (χ3n) is 4.76. The second kappa shape index (κ2) is 8.56. The number of aromatic amines is 1. The Morgan fingerprint density at radius 2 is 2.07 bits per heavy atom. The van der Waals surface area contributed by atoms with Crippen molar-refractivity contribution in [2.24, 2.45) is 0 Å². The van der Waals surface area contributed by atoms with Gasteiger partial charge < -0.3 is 10.4 Å². The van der Waals surface area contributed by atoms with E-state index in [4.69, 9.17) is 0 Å². The van der Waals surface area contributed by atoms with E-state index in [9.17, 15) is 5.11 Å². The number of imidazole rings is 1. The highest BCUT2D eigenvalue weighted by atomic mass is 16.3.